The Morgan fingerprint density at radius 2 is 2.50 bits per heavy atom. The molecule has 2 atom stereocenters. The number of thioether (sulfide) groups is 1. The highest BCUT2D eigenvalue weighted by Gasteiger charge is 2.36. The van der Waals surface area contributed by atoms with Gasteiger partial charge in [-0.15, -0.1) is 11.8 Å². The van der Waals surface area contributed by atoms with E-state index in [0.29, 0.717) is 6.04 Å². The summed E-state index contributed by atoms with van der Waals surface area (Å²) in [6.07, 6.45) is 3.79. The quantitative estimate of drug-likeness (QED) is 0.622. The Balaban J connectivity index is 1.97. The van der Waals surface area contributed by atoms with Crippen LogP contribution in [0.15, 0.2) is 0 Å². The summed E-state index contributed by atoms with van der Waals surface area (Å²) < 4.78 is 5.53. The van der Waals surface area contributed by atoms with Crippen molar-refractivity contribution in [3.63, 3.8) is 0 Å². The van der Waals surface area contributed by atoms with Crippen molar-refractivity contribution in [2.45, 2.75) is 37.1 Å². The van der Waals surface area contributed by atoms with Crippen LogP contribution in [0.25, 0.3) is 0 Å². The molecule has 2 aliphatic rings. The lowest BCUT2D eigenvalue weighted by molar-refractivity contribution is 0.0523. The van der Waals surface area contributed by atoms with Crippen LogP contribution < -0.4 is 5.32 Å². The Kier molecular flexibility index (Phi) is 2.63. The molecule has 2 nitrogen and oxygen atoms in total. The van der Waals surface area contributed by atoms with Gasteiger partial charge in [-0.05, 0) is 31.9 Å². The fourth-order valence-corrected chi connectivity index (χ4v) is 3.59. The Bertz CT molecular complexity index is 151. The molecule has 2 rings (SSSR count). The summed E-state index contributed by atoms with van der Waals surface area (Å²) >= 11 is 2.05. The molecule has 3 heteroatoms. The molecule has 0 aromatic carbocycles. The van der Waals surface area contributed by atoms with Crippen molar-refractivity contribution in [3.05, 3.63) is 0 Å². The molecule has 0 aromatic rings. The predicted octanol–water partition coefficient (Wildman–Crippen LogP) is 1.61. The Labute approximate surface area is 78.4 Å². The van der Waals surface area contributed by atoms with Gasteiger partial charge in [0, 0.05) is 12.6 Å². The molecule has 2 fully saturated rings. The molecular weight excluding hydrogens is 170 g/mol. The molecule has 2 aliphatic heterocycles. The molecule has 0 bridgehead atoms. The molecule has 0 amide bonds. The molecule has 0 aliphatic carbocycles. The van der Waals surface area contributed by atoms with Gasteiger partial charge in [0.1, 0.15) is 0 Å². The van der Waals surface area contributed by atoms with E-state index in [2.05, 4.69) is 24.0 Å². The number of rotatable bonds is 0. The second-order valence-electron chi connectivity index (χ2n) is 3.83. The van der Waals surface area contributed by atoms with Crippen LogP contribution in [0.4, 0.5) is 0 Å². The van der Waals surface area contributed by atoms with E-state index in [1.54, 1.807) is 0 Å². The second kappa shape index (κ2) is 3.56. The molecule has 1 spiro atoms. The molecule has 2 saturated heterocycles. The van der Waals surface area contributed by atoms with Crippen LogP contribution in [0, 0.1) is 0 Å². The lowest BCUT2D eigenvalue weighted by Gasteiger charge is -2.43. The second-order valence-corrected chi connectivity index (χ2v) is 5.31. The highest BCUT2D eigenvalue weighted by molar-refractivity contribution is 8.00. The summed E-state index contributed by atoms with van der Waals surface area (Å²) in [5.41, 5.74) is 0. The van der Waals surface area contributed by atoms with Crippen LogP contribution in [0.1, 0.15) is 26.2 Å². The van der Waals surface area contributed by atoms with Gasteiger partial charge in [0.2, 0.25) is 0 Å². The molecule has 1 N–H and O–H groups in total. The number of hydrogen-bond acceptors (Lipinski definition) is 3. The van der Waals surface area contributed by atoms with E-state index >= 15 is 0 Å². The molecule has 0 aromatic heterocycles. The monoisotopic (exact) mass is 187 g/mol. The van der Waals surface area contributed by atoms with Gasteiger partial charge in [-0.1, -0.05) is 0 Å². The van der Waals surface area contributed by atoms with Crippen LogP contribution in [0.3, 0.4) is 0 Å². The van der Waals surface area contributed by atoms with E-state index in [0.717, 1.165) is 13.2 Å². The zero-order chi connectivity index (χ0) is 8.44. The van der Waals surface area contributed by atoms with Crippen LogP contribution in [-0.4, -0.2) is 29.9 Å². The van der Waals surface area contributed by atoms with Crippen LogP contribution in [-0.2, 0) is 4.74 Å². The minimum absolute atomic E-state index is 0.274. The fraction of sp³-hybridized carbons (Fsp3) is 1.00. The number of hydrogen-bond donors (Lipinski definition) is 1. The van der Waals surface area contributed by atoms with Gasteiger partial charge in [-0.25, -0.2) is 0 Å². The molecule has 0 radical (unpaired) electrons. The highest BCUT2D eigenvalue weighted by atomic mass is 32.2. The minimum atomic E-state index is 0.274. The van der Waals surface area contributed by atoms with Gasteiger partial charge in [-0.2, -0.15) is 0 Å². The van der Waals surface area contributed by atoms with E-state index in [1.165, 1.54) is 25.0 Å². The van der Waals surface area contributed by atoms with Crippen LogP contribution in [0.5, 0.6) is 0 Å². The largest absolute Gasteiger partial charge is 0.379 e. The molecule has 2 heterocycles. The van der Waals surface area contributed by atoms with E-state index in [9.17, 15) is 0 Å². The third-order valence-electron chi connectivity index (χ3n) is 2.64. The van der Waals surface area contributed by atoms with E-state index in [-0.39, 0.29) is 4.87 Å². The van der Waals surface area contributed by atoms with Crippen molar-refractivity contribution in [3.8, 4) is 0 Å². The smallest absolute Gasteiger partial charge is 0.0884 e. The maximum atomic E-state index is 5.53. The van der Waals surface area contributed by atoms with Gasteiger partial charge in [0.25, 0.3) is 0 Å². The van der Waals surface area contributed by atoms with Gasteiger partial charge in [-0.3, -0.25) is 5.32 Å². The topological polar surface area (TPSA) is 21.3 Å². The lowest BCUT2D eigenvalue weighted by Crippen LogP contribution is -2.55. The highest BCUT2D eigenvalue weighted by Crippen LogP contribution is 2.35. The summed E-state index contributed by atoms with van der Waals surface area (Å²) in [5, 5.41) is 3.67. The molecule has 70 valence electrons. The average Bonchev–Trinajstić information content (AvgIpc) is 2.05. The maximum absolute atomic E-state index is 5.53. The van der Waals surface area contributed by atoms with Crippen molar-refractivity contribution in [1.29, 1.82) is 0 Å². The van der Waals surface area contributed by atoms with Gasteiger partial charge < -0.3 is 4.74 Å². The molecule has 12 heavy (non-hydrogen) atoms. The third kappa shape index (κ3) is 1.78. The summed E-state index contributed by atoms with van der Waals surface area (Å²) in [6.45, 7) is 4.14. The van der Waals surface area contributed by atoms with E-state index in [4.69, 9.17) is 4.74 Å². The van der Waals surface area contributed by atoms with Crippen LogP contribution in [0.2, 0.25) is 0 Å². The first-order valence-electron chi connectivity index (χ1n) is 4.80. The summed E-state index contributed by atoms with van der Waals surface area (Å²) in [5.74, 6) is 1.29. The average molecular weight is 187 g/mol. The molecule has 0 saturated carbocycles. The van der Waals surface area contributed by atoms with E-state index in [1.807, 2.05) is 0 Å². The Morgan fingerprint density at radius 3 is 3.17 bits per heavy atom. The molecule has 2 unspecified atom stereocenters. The van der Waals surface area contributed by atoms with Crippen molar-refractivity contribution in [2.24, 2.45) is 0 Å². The van der Waals surface area contributed by atoms with Gasteiger partial charge in [0.05, 0.1) is 11.5 Å². The fourth-order valence-electron chi connectivity index (χ4n) is 1.99. The Morgan fingerprint density at radius 1 is 1.58 bits per heavy atom. The van der Waals surface area contributed by atoms with Crippen molar-refractivity contribution < 1.29 is 4.74 Å². The summed E-state index contributed by atoms with van der Waals surface area (Å²) in [4.78, 5) is 0.274. The predicted molar refractivity (Wildman–Crippen MR) is 52.5 cm³/mol. The first-order chi connectivity index (χ1) is 5.81. The normalized spacial score (nSPS) is 43.2. The third-order valence-corrected chi connectivity index (χ3v) is 4.08. The SMILES string of the molecule is CC1CCSC2(CCCOC2)N1. The lowest BCUT2D eigenvalue weighted by atomic mass is 10.1. The van der Waals surface area contributed by atoms with Gasteiger partial charge >= 0.3 is 0 Å². The minimum Gasteiger partial charge on any atom is -0.379 e. The number of ether oxygens (including phenoxy) is 1. The first-order valence-corrected chi connectivity index (χ1v) is 5.79. The number of nitrogens with one attached hydrogen (secondary N) is 1. The molecular formula is C9H17NOS. The van der Waals surface area contributed by atoms with Crippen molar-refractivity contribution in [1.82, 2.24) is 5.32 Å². The zero-order valence-electron chi connectivity index (χ0n) is 7.64. The first kappa shape index (κ1) is 8.85. The summed E-state index contributed by atoms with van der Waals surface area (Å²) in [6, 6.07) is 0.674. The Hall–Kier alpha value is 0.270. The van der Waals surface area contributed by atoms with Crippen molar-refractivity contribution >= 4 is 11.8 Å². The zero-order valence-corrected chi connectivity index (χ0v) is 8.45. The van der Waals surface area contributed by atoms with Crippen LogP contribution >= 0.6 is 11.8 Å². The maximum Gasteiger partial charge on any atom is 0.0884 e. The van der Waals surface area contributed by atoms with Crippen molar-refractivity contribution in [2.75, 3.05) is 19.0 Å². The van der Waals surface area contributed by atoms with Gasteiger partial charge in [0.15, 0.2) is 0 Å². The van der Waals surface area contributed by atoms with E-state index < -0.39 is 0 Å². The standard InChI is InChI=1S/C9H17NOS/c1-8-3-6-12-9(10-8)4-2-5-11-7-9/h8,10H,2-7H2,1H3. The summed E-state index contributed by atoms with van der Waals surface area (Å²) in [7, 11) is 0.